The summed E-state index contributed by atoms with van der Waals surface area (Å²) in [6.07, 6.45) is 1.00. The first-order valence-electron chi connectivity index (χ1n) is 7.46. The van der Waals surface area contributed by atoms with Gasteiger partial charge in [-0.3, -0.25) is 5.43 Å². The summed E-state index contributed by atoms with van der Waals surface area (Å²) in [5, 5.41) is 3.37. The Morgan fingerprint density at radius 3 is 2.43 bits per heavy atom. The summed E-state index contributed by atoms with van der Waals surface area (Å²) in [6.45, 7) is 9.40. The molecule has 1 aromatic heterocycles. The van der Waals surface area contributed by atoms with Crippen molar-refractivity contribution in [1.29, 1.82) is 0 Å². The summed E-state index contributed by atoms with van der Waals surface area (Å²) in [7, 11) is 0. The minimum absolute atomic E-state index is 0.315. The first-order chi connectivity index (χ1) is 10.1. The van der Waals surface area contributed by atoms with Crippen molar-refractivity contribution in [2.45, 2.75) is 33.2 Å². The zero-order valence-corrected chi connectivity index (χ0v) is 13.0. The summed E-state index contributed by atoms with van der Waals surface area (Å²) < 4.78 is 5.35. The lowest BCUT2D eigenvalue weighted by atomic mass is 10.0. The van der Waals surface area contributed by atoms with Crippen molar-refractivity contribution in [3.05, 3.63) is 0 Å². The Morgan fingerprint density at radius 1 is 1.19 bits per heavy atom. The maximum Gasteiger partial charge on any atom is 0.243 e. The van der Waals surface area contributed by atoms with Gasteiger partial charge in [-0.25, -0.2) is 5.84 Å². The van der Waals surface area contributed by atoms with E-state index in [0.29, 0.717) is 43.0 Å². The van der Waals surface area contributed by atoms with E-state index in [4.69, 9.17) is 10.6 Å². The van der Waals surface area contributed by atoms with Crippen molar-refractivity contribution in [3.8, 4) is 0 Å². The lowest BCUT2D eigenvalue weighted by Crippen LogP contribution is -2.38. The number of hydrazine groups is 1. The SMILES string of the molecule is CCC(Nc1nc(NN)nc(N2CCOCC2)n1)C(C)C. The summed E-state index contributed by atoms with van der Waals surface area (Å²) in [6, 6.07) is 0.315. The van der Waals surface area contributed by atoms with Gasteiger partial charge in [0.15, 0.2) is 0 Å². The molecule has 4 N–H and O–H groups in total. The van der Waals surface area contributed by atoms with Gasteiger partial charge < -0.3 is 15.0 Å². The molecule has 1 fully saturated rings. The van der Waals surface area contributed by atoms with Gasteiger partial charge in [0.1, 0.15) is 0 Å². The average molecular weight is 295 g/mol. The fraction of sp³-hybridized carbons (Fsp3) is 0.769. The summed E-state index contributed by atoms with van der Waals surface area (Å²) in [5.41, 5.74) is 2.51. The van der Waals surface area contributed by atoms with Gasteiger partial charge in [-0.2, -0.15) is 15.0 Å². The predicted molar refractivity (Wildman–Crippen MR) is 83.2 cm³/mol. The van der Waals surface area contributed by atoms with Gasteiger partial charge in [-0.1, -0.05) is 20.8 Å². The molecule has 0 radical (unpaired) electrons. The number of nitrogens with one attached hydrogen (secondary N) is 2. The van der Waals surface area contributed by atoms with E-state index in [1.165, 1.54) is 0 Å². The van der Waals surface area contributed by atoms with Crippen LogP contribution in [-0.2, 0) is 4.74 Å². The lowest BCUT2D eigenvalue weighted by molar-refractivity contribution is 0.122. The molecule has 1 unspecified atom stereocenters. The van der Waals surface area contributed by atoms with Gasteiger partial charge in [0, 0.05) is 19.1 Å². The highest BCUT2D eigenvalue weighted by atomic mass is 16.5. The van der Waals surface area contributed by atoms with Crippen molar-refractivity contribution in [3.63, 3.8) is 0 Å². The first-order valence-corrected chi connectivity index (χ1v) is 7.46. The van der Waals surface area contributed by atoms with Crippen LogP contribution in [0.2, 0.25) is 0 Å². The van der Waals surface area contributed by atoms with E-state index in [1.54, 1.807) is 0 Å². The Labute approximate surface area is 125 Å². The molecule has 1 atom stereocenters. The number of nitrogen functional groups attached to an aromatic ring is 1. The number of aromatic nitrogens is 3. The minimum Gasteiger partial charge on any atom is -0.378 e. The monoisotopic (exact) mass is 295 g/mol. The summed E-state index contributed by atoms with van der Waals surface area (Å²) in [5.74, 6) is 7.51. The van der Waals surface area contributed by atoms with Crippen LogP contribution in [0.25, 0.3) is 0 Å². The molecule has 1 aromatic rings. The molecule has 21 heavy (non-hydrogen) atoms. The molecule has 8 nitrogen and oxygen atoms in total. The van der Waals surface area contributed by atoms with Crippen LogP contribution < -0.4 is 21.5 Å². The average Bonchev–Trinajstić information content (AvgIpc) is 2.52. The van der Waals surface area contributed by atoms with Crippen molar-refractivity contribution in [2.24, 2.45) is 11.8 Å². The number of nitrogens with two attached hydrogens (primary N) is 1. The third kappa shape index (κ3) is 4.15. The van der Waals surface area contributed by atoms with Crippen LogP contribution in [0, 0.1) is 5.92 Å². The number of anilines is 3. The molecule has 0 amide bonds. The maximum absolute atomic E-state index is 5.47. The third-order valence-electron chi connectivity index (χ3n) is 3.61. The fourth-order valence-corrected chi connectivity index (χ4v) is 2.30. The van der Waals surface area contributed by atoms with E-state index >= 15 is 0 Å². The van der Waals surface area contributed by atoms with Crippen molar-refractivity contribution >= 4 is 17.8 Å². The van der Waals surface area contributed by atoms with Gasteiger partial charge in [0.2, 0.25) is 17.8 Å². The molecule has 0 saturated carbocycles. The second-order valence-electron chi connectivity index (χ2n) is 5.43. The highest BCUT2D eigenvalue weighted by molar-refractivity contribution is 5.44. The van der Waals surface area contributed by atoms with Crippen molar-refractivity contribution in [1.82, 2.24) is 15.0 Å². The molecule has 2 rings (SSSR count). The number of hydrogen-bond donors (Lipinski definition) is 3. The second kappa shape index (κ2) is 7.37. The molecule has 0 aliphatic carbocycles. The molecule has 0 bridgehead atoms. The van der Waals surface area contributed by atoms with Crippen LogP contribution in [0.1, 0.15) is 27.2 Å². The van der Waals surface area contributed by atoms with E-state index in [1.807, 2.05) is 0 Å². The number of nitrogens with zero attached hydrogens (tertiary/aromatic N) is 4. The predicted octanol–water partition coefficient (Wildman–Crippen LogP) is 0.840. The third-order valence-corrected chi connectivity index (χ3v) is 3.61. The molecule has 0 spiro atoms. The van der Waals surface area contributed by atoms with E-state index < -0.39 is 0 Å². The molecule has 8 heteroatoms. The smallest absolute Gasteiger partial charge is 0.243 e. The zero-order valence-electron chi connectivity index (χ0n) is 13.0. The topological polar surface area (TPSA) is 101 Å². The molecule has 0 aromatic carbocycles. The Morgan fingerprint density at radius 2 is 1.86 bits per heavy atom. The maximum atomic E-state index is 5.47. The van der Waals surface area contributed by atoms with Crippen LogP contribution in [0.4, 0.5) is 17.8 Å². The van der Waals surface area contributed by atoms with E-state index in [2.05, 4.69) is 51.4 Å². The van der Waals surface area contributed by atoms with Gasteiger partial charge in [0.25, 0.3) is 0 Å². The Balaban J connectivity index is 2.20. The van der Waals surface area contributed by atoms with Gasteiger partial charge in [0.05, 0.1) is 13.2 Å². The van der Waals surface area contributed by atoms with Crippen LogP contribution >= 0.6 is 0 Å². The standard InChI is InChI=1S/C13H25N7O/c1-4-10(9(2)3)15-11-16-12(19-14)18-13(17-11)20-5-7-21-8-6-20/h9-10H,4-8,14H2,1-3H3,(H2,15,16,17,18,19). The van der Waals surface area contributed by atoms with Gasteiger partial charge in [-0.15, -0.1) is 0 Å². The highest BCUT2D eigenvalue weighted by Gasteiger charge is 2.18. The summed E-state index contributed by atoms with van der Waals surface area (Å²) >= 11 is 0. The van der Waals surface area contributed by atoms with Crippen molar-refractivity contribution < 1.29 is 4.74 Å². The Bertz CT molecular complexity index is 448. The second-order valence-corrected chi connectivity index (χ2v) is 5.43. The quantitative estimate of drug-likeness (QED) is 0.524. The lowest BCUT2D eigenvalue weighted by Gasteiger charge is -2.27. The number of rotatable bonds is 6. The molecule has 118 valence electrons. The van der Waals surface area contributed by atoms with E-state index in [9.17, 15) is 0 Å². The normalized spacial score (nSPS) is 16.9. The minimum atomic E-state index is 0.315. The van der Waals surface area contributed by atoms with Crippen LogP contribution in [-0.4, -0.2) is 47.3 Å². The number of hydrogen-bond acceptors (Lipinski definition) is 8. The summed E-state index contributed by atoms with van der Waals surface area (Å²) in [4.78, 5) is 15.2. The Kier molecular flexibility index (Phi) is 5.51. The van der Waals surface area contributed by atoms with Crippen LogP contribution in [0.3, 0.4) is 0 Å². The molecule has 1 aliphatic rings. The van der Waals surface area contributed by atoms with Crippen molar-refractivity contribution in [2.75, 3.05) is 41.9 Å². The van der Waals surface area contributed by atoms with Gasteiger partial charge in [-0.05, 0) is 12.3 Å². The highest BCUT2D eigenvalue weighted by Crippen LogP contribution is 2.17. The zero-order chi connectivity index (χ0) is 15.2. The molecular formula is C13H25N7O. The van der Waals surface area contributed by atoms with Crippen LogP contribution in [0.5, 0.6) is 0 Å². The van der Waals surface area contributed by atoms with E-state index in [0.717, 1.165) is 19.5 Å². The molecule has 1 saturated heterocycles. The fourth-order valence-electron chi connectivity index (χ4n) is 2.30. The van der Waals surface area contributed by atoms with Gasteiger partial charge >= 0.3 is 0 Å². The largest absolute Gasteiger partial charge is 0.378 e. The Hall–Kier alpha value is -1.67. The van der Waals surface area contributed by atoms with E-state index in [-0.39, 0.29) is 0 Å². The number of morpholine rings is 1. The molecular weight excluding hydrogens is 270 g/mol. The molecule has 2 heterocycles. The van der Waals surface area contributed by atoms with Crippen LogP contribution in [0.15, 0.2) is 0 Å². The molecule has 1 aliphatic heterocycles. The number of ether oxygens (including phenoxy) is 1. The first kappa shape index (κ1) is 15.7.